The lowest BCUT2D eigenvalue weighted by molar-refractivity contribution is 0.392. The molecule has 62 heavy (non-hydrogen) atoms. The third-order valence-corrected chi connectivity index (χ3v) is 14.0. The summed E-state index contributed by atoms with van der Waals surface area (Å²) in [5, 5.41) is 2.06. The van der Waals surface area contributed by atoms with Gasteiger partial charge in [0.05, 0.1) is 11.3 Å². The molecule has 5 nitrogen and oxygen atoms in total. The Labute approximate surface area is 362 Å². The molecular weight excluding hydrogens is 757 g/mol. The van der Waals surface area contributed by atoms with Crippen LogP contribution in [-0.2, 0) is 10.8 Å². The molecule has 0 fully saturated rings. The molecule has 4 aliphatic carbocycles. The second-order valence-electron chi connectivity index (χ2n) is 18.3. The van der Waals surface area contributed by atoms with Gasteiger partial charge in [0.2, 0.25) is 0 Å². The Morgan fingerprint density at radius 2 is 1.31 bits per heavy atom. The Bertz CT molecular complexity index is 3270. The maximum Gasteiger partial charge on any atom is 0.167 e. The van der Waals surface area contributed by atoms with Crippen molar-refractivity contribution in [3.8, 4) is 33.9 Å². The first-order valence-corrected chi connectivity index (χ1v) is 21.9. The van der Waals surface area contributed by atoms with Crippen molar-refractivity contribution in [1.29, 1.82) is 0 Å². The van der Waals surface area contributed by atoms with Crippen molar-refractivity contribution in [3.63, 3.8) is 0 Å². The zero-order chi connectivity index (χ0) is 41.7. The van der Waals surface area contributed by atoms with E-state index in [0.717, 1.165) is 68.6 Å². The molecule has 0 radical (unpaired) electrons. The van der Waals surface area contributed by atoms with Crippen LogP contribution in [0, 0.1) is 5.92 Å². The summed E-state index contributed by atoms with van der Waals surface area (Å²) in [5.74, 6) is 2.49. The van der Waals surface area contributed by atoms with E-state index >= 15 is 0 Å². The molecule has 6 aromatic carbocycles. The van der Waals surface area contributed by atoms with Crippen LogP contribution < -0.4 is 4.90 Å². The number of para-hydroxylation sites is 2. The summed E-state index contributed by atoms with van der Waals surface area (Å²) < 4.78 is 7.23. The highest BCUT2D eigenvalue weighted by Gasteiger charge is 2.45. The molecule has 300 valence electrons. The summed E-state index contributed by atoms with van der Waals surface area (Å²) in [5.41, 5.74) is 15.5. The van der Waals surface area contributed by atoms with E-state index in [1.54, 1.807) is 0 Å². The minimum Gasteiger partial charge on any atom is -0.453 e. The van der Waals surface area contributed by atoms with Gasteiger partial charge in [0, 0.05) is 44.6 Å². The maximum atomic E-state index is 7.23. The summed E-state index contributed by atoms with van der Waals surface area (Å²) in [7, 11) is 0. The topological polar surface area (TPSA) is 55.1 Å². The standard InChI is InChI=1S/C57H46N4O/c1-56(2)46-26-13-11-21-39(46)41-31-29-37(33-48(41)56)61(38-30-32-42-40-22-12-14-27-47(40)57(3,4)49(42)34-38)50-28-16-24-44-43-23-15-25-45(51(43)62-52(44)50)55-59-53(35-17-7-5-8-18-35)58-54(60-55)36-19-9-6-10-20-36/h5,7-9,11-34,41,48H,6,10H2,1-4H3. The first kappa shape index (κ1) is 36.7. The number of benzene rings is 6. The fourth-order valence-electron chi connectivity index (χ4n) is 10.9. The number of rotatable bonds is 6. The quantitative estimate of drug-likeness (QED) is 0.168. The summed E-state index contributed by atoms with van der Waals surface area (Å²) in [6.07, 6.45) is 15.8. The van der Waals surface area contributed by atoms with Gasteiger partial charge in [-0.05, 0) is 87.9 Å². The van der Waals surface area contributed by atoms with Crippen LogP contribution in [0.4, 0.5) is 11.4 Å². The number of aromatic nitrogens is 3. The van der Waals surface area contributed by atoms with Crippen LogP contribution in [0.3, 0.4) is 0 Å². The van der Waals surface area contributed by atoms with Gasteiger partial charge in [-0.15, -0.1) is 0 Å². The largest absolute Gasteiger partial charge is 0.453 e. The van der Waals surface area contributed by atoms with E-state index in [2.05, 4.69) is 184 Å². The Hall–Kier alpha value is -7.11. The lowest BCUT2D eigenvalue weighted by Gasteiger charge is -2.35. The Balaban J connectivity index is 1.06. The maximum absolute atomic E-state index is 7.23. The van der Waals surface area contributed by atoms with Crippen LogP contribution >= 0.6 is 0 Å². The molecule has 0 aliphatic heterocycles. The van der Waals surface area contributed by atoms with E-state index in [-0.39, 0.29) is 16.7 Å². The average molecular weight is 803 g/mol. The second-order valence-corrected chi connectivity index (χ2v) is 18.3. The number of hydrogen-bond donors (Lipinski definition) is 0. The molecule has 2 aromatic heterocycles. The van der Waals surface area contributed by atoms with Crippen LogP contribution in [0.5, 0.6) is 0 Å². The van der Waals surface area contributed by atoms with E-state index in [4.69, 9.17) is 19.4 Å². The van der Waals surface area contributed by atoms with Gasteiger partial charge in [-0.2, -0.15) is 0 Å². The van der Waals surface area contributed by atoms with Crippen LogP contribution in [0.25, 0.3) is 61.4 Å². The van der Waals surface area contributed by atoms with Crippen molar-refractivity contribution in [1.82, 2.24) is 15.0 Å². The number of hydrogen-bond acceptors (Lipinski definition) is 5. The van der Waals surface area contributed by atoms with E-state index in [1.807, 2.05) is 18.2 Å². The third kappa shape index (κ3) is 5.50. The molecule has 0 spiro atoms. The molecule has 2 unspecified atom stereocenters. The number of furan rings is 1. The van der Waals surface area contributed by atoms with E-state index in [9.17, 15) is 0 Å². The highest BCUT2D eigenvalue weighted by Crippen LogP contribution is 2.55. The number of allylic oxidation sites excluding steroid dienone is 7. The molecule has 2 atom stereocenters. The molecule has 12 rings (SSSR count). The first-order chi connectivity index (χ1) is 30.3. The molecule has 5 heteroatoms. The normalized spacial score (nSPS) is 18.8. The molecule has 0 saturated heterocycles. The highest BCUT2D eigenvalue weighted by molar-refractivity contribution is 6.13. The van der Waals surface area contributed by atoms with E-state index < -0.39 is 0 Å². The molecule has 0 amide bonds. The zero-order valence-electron chi connectivity index (χ0n) is 35.4. The number of fused-ring (bicyclic) bond motifs is 9. The van der Waals surface area contributed by atoms with Gasteiger partial charge in [0.25, 0.3) is 0 Å². The minimum atomic E-state index is -0.156. The molecule has 8 aromatic rings. The molecule has 0 N–H and O–H groups in total. The highest BCUT2D eigenvalue weighted by atomic mass is 16.3. The van der Waals surface area contributed by atoms with Crippen LogP contribution in [-0.4, -0.2) is 15.0 Å². The van der Waals surface area contributed by atoms with Crippen molar-refractivity contribution >= 4 is 38.9 Å². The zero-order valence-corrected chi connectivity index (χ0v) is 35.4. The molecule has 4 aliphatic rings. The number of anilines is 2. The summed E-state index contributed by atoms with van der Waals surface area (Å²) in [6.45, 7) is 9.52. The predicted molar refractivity (Wildman–Crippen MR) is 253 cm³/mol. The number of nitrogens with zero attached hydrogens (tertiary/aromatic N) is 4. The van der Waals surface area contributed by atoms with E-state index in [1.165, 1.54) is 33.4 Å². The lowest BCUT2D eigenvalue weighted by Crippen LogP contribution is -2.28. The third-order valence-electron chi connectivity index (χ3n) is 14.0. The van der Waals surface area contributed by atoms with Crippen molar-refractivity contribution in [3.05, 3.63) is 204 Å². The van der Waals surface area contributed by atoms with Gasteiger partial charge in [-0.1, -0.05) is 167 Å². The fourth-order valence-corrected chi connectivity index (χ4v) is 10.9. The molecule has 0 saturated carbocycles. The Morgan fingerprint density at radius 1 is 0.597 bits per heavy atom. The van der Waals surface area contributed by atoms with Crippen molar-refractivity contribution < 1.29 is 4.42 Å². The van der Waals surface area contributed by atoms with Crippen molar-refractivity contribution in [2.24, 2.45) is 5.92 Å². The van der Waals surface area contributed by atoms with Crippen molar-refractivity contribution in [2.45, 2.75) is 57.3 Å². The van der Waals surface area contributed by atoms with Crippen LogP contribution in [0.2, 0.25) is 0 Å². The fraction of sp³-hybridized carbons (Fsp3) is 0.175. The SMILES string of the molecule is CC1(C)c2ccccc2-c2ccc(N(C3=CC4C(C=C3)c3ccccc3C4(C)C)c3cccc4c3oc3c(-c5nc(C6=CCCC=C6)nc(-c6ccccc6)n5)cccc34)cc21. The summed E-state index contributed by atoms with van der Waals surface area (Å²) >= 11 is 0. The Morgan fingerprint density at radius 3 is 2.15 bits per heavy atom. The minimum absolute atomic E-state index is 0.0454. The first-order valence-electron chi connectivity index (χ1n) is 21.9. The van der Waals surface area contributed by atoms with Gasteiger partial charge in [-0.3, -0.25) is 0 Å². The molecule has 0 bridgehead atoms. The van der Waals surface area contributed by atoms with Gasteiger partial charge in [-0.25, -0.2) is 15.0 Å². The van der Waals surface area contributed by atoms with Crippen LogP contribution in [0.1, 0.15) is 74.5 Å². The monoisotopic (exact) mass is 802 g/mol. The lowest BCUT2D eigenvalue weighted by atomic mass is 9.74. The van der Waals surface area contributed by atoms with Gasteiger partial charge < -0.3 is 9.32 Å². The predicted octanol–water partition coefficient (Wildman–Crippen LogP) is 14.4. The summed E-state index contributed by atoms with van der Waals surface area (Å²) in [6, 6.07) is 48.0. The second kappa shape index (κ2) is 13.7. The van der Waals surface area contributed by atoms with Gasteiger partial charge >= 0.3 is 0 Å². The molecular formula is C57H46N4O. The van der Waals surface area contributed by atoms with Gasteiger partial charge in [0.1, 0.15) is 5.58 Å². The summed E-state index contributed by atoms with van der Waals surface area (Å²) in [4.78, 5) is 17.7. The average Bonchev–Trinajstić information content (AvgIpc) is 3.90. The Kier molecular flexibility index (Phi) is 8.11. The van der Waals surface area contributed by atoms with Crippen molar-refractivity contribution in [2.75, 3.05) is 4.90 Å². The van der Waals surface area contributed by atoms with Crippen LogP contribution in [0.15, 0.2) is 180 Å². The molecule has 2 heterocycles. The van der Waals surface area contributed by atoms with Gasteiger partial charge in [0.15, 0.2) is 23.1 Å². The van der Waals surface area contributed by atoms with E-state index in [0.29, 0.717) is 23.4 Å². The smallest absolute Gasteiger partial charge is 0.167 e.